The molecular weight excluding hydrogens is 194 g/mol. The molecule has 0 bridgehead atoms. The second-order valence-corrected chi connectivity index (χ2v) is 6.48. The molecule has 1 heteroatoms. The molecule has 1 unspecified atom stereocenters. The summed E-state index contributed by atoms with van der Waals surface area (Å²) in [7, 11) is 0. The maximum absolute atomic E-state index is 3.93. The number of hydrogen-bond acceptors (Lipinski definition) is 1. The van der Waals surface area contributed by atoms with Gasteiger partial charge in [-0.2, -0.15) is 0 Å². The molecule has 0 heterocycles. The van der Waals surface area contributed by atoms with E-state index in [0.717, 1.165) is 29.7 Å². The van der Waals surface area contributed by atoms with Crippen LogP contribution in [0.3, 0.4) is 0 Å². The van der Waals surface area contributed by atoms with Gasteiger partial charge >= 0.3 is 0 Å². The molecule has 3 aliphatic rings. The molecule has 3 fully saturated rings. The summed E-state index contributed by atoms with van der Waals surface area (Å²) in [4.78, 5) is 0. The highest BCUT2D eigenvalue weighted by atomic mass is 14.9. The van der Waals surface area contributed by atoms with E-state index in [-0.39, 0.29) is 0 Å². The van der Waals surface area contributed by atoms with Gasteiger partial charge in [-0.1, -0.05) is 13.3 Å². The third kappa shape index (κ3) is 2.80. The quantitative estimate of drug-likeness (QED) is 0.660. The summed E-state index contributed by atoms with van der Waals surface area (Å²) in [5, 5.41) is 3.93. The van der Waals surface area contributed by atoms with Gasteiger partial charge in [-0.25, -0.2) is 0 Å². The molecule has 0 amide bonds. The van der Waals surface area contributed by atoms with Crippen LogP contribution in [0.5, 0.6) is 0 Å². The molecule has 0 aromatic heterocycles. The highest BCUT2D eigenvalue weighted by Crippen LogP contribution is 2.49. The van der Waals surface area contributed by atoms with Crippen LogP contribution in [-0.2, 0) is 0 Å². The van der Waals surface area contributed by atoms with Gasteiger partial charge in [0.25, 0.3) is 0 Å². The molecule has 0 aromatic carbocycles. The van der Waals surface area contributed by atoms with Crippen LogP contribution in [0.25, 0.3) is 0 Å². The van der Waals surface area contributed by atoms with Crippen LogP contribution < -0.4 is 5.32 Å². The monoisotopic (exact) mass is 221 g/mol. The highest BCUT2D eigenvalue weighted by Gasteiger charge is 2.41. The average molecular weight is 221 g/mol. The normalized spacial score (nSPS) is 27.4. The van der Waals surface area contributed by atoms with Crippen molar-refractivity contribution >= 4 is 0 Å². The lowest BCUT2D eigenvalue weighted by Gasteiger charge is -2.22. The second-order valence-electron chi connectivity index (χ2n) is 6.48. The van der Waals surface area contributed by atoms with E-state index in [0.29, 0.717) is 0 Å². The summed E-state index contributed by atoms with van der Waals surface area (Å²) in [6, 6.07) is 0.866. The van der Waals surface area contributed by atoms with E-state index in [1.165, 1.54) is 57.9 Å². The van der Waals surface area contributed by atoms with Crippen molar-refractivity contribution in [3.8, 4) is 0 Å². The zero-order valence-corrected chi connectivity index (χ0v) is 10.8. The Morgan fingerprint density at radius 3 is 1.94 bits per heavy atom. The first-order valence-corrected chi connectivity index (χ1v) is 7.62. The van der Waals surface area contributed by atoms with Crippen molar-refractivity contribution in [2.45, 2.75) is 64.3 Å². The van der Waals surface area contributed by atoms with Gasteiger partial charge in [0.2, 0.25) is 0 Å². The predicted molar refractivity (Wildman–Crippen MR) is 68.4 cm³/mol. The van der Waals surface area contributed by atoms with Crippen molar-refractivity contribution in [1.82, 2.24) is 5.32 Å². The fourth-order valence-electron chi connectivity index (χ4n) is 3.37. The van der Waals surface area contributed by atoms with Crippen molar-refractivity contribution in [2.24, 2.45) is 23.7 Å². The van der Waals surface area contributed by atoms with E-state index in [9.17, 15) is 0 Å². The number of rotatable bonds is 8. The minimum atomic E-state index is 0.866. The Morgan fingerprint density at radius 1 is 0.938 bits per heavy atom. The van der Waals surface area contributed by atoms with Crippen LogP contribution in [0.4, 0.5) is 0 Å². The van der Waals surface area contributed by atoms with Gasteiger partial charge in [-0.15, -0.1) is 0 Å². The van der Waals surface area contributed by atoms with Crippen LogP contribution in [0, 0.1) is 23.7 Å². The molecule has 3 saturated carbocycles. The van der Waals surface area contributed by atoms with Crippen molar-refractivity contribution in [2.75, 3.05) is 6.54 Å². The van der Waals surface area contributed by atoms with Gasteiger partial charge in [-0.05, 0) is 75.2 Å². The minimum absolute atomic E-state index is 0.866. The summed E-state index contributed by atoms with van der Waals surface area (Å²) in [5.41, 5.74) is 0. The van der Waals surface area contributed by atoms with E-state index in [2.05, 4.69) is 12.2 Å². The van der Waals surface area contributed by atoms with E-state index in [1.807, 2.05) is 0 Å². The third-order valence-electron chi connectivity index (χ3n) is 4.86. The Hall–Kier alpha value is -0.0400. The number of nitrogens with one attached hydrogen (secondary N) is 1. The molecule has 0 saturated heterocycles. The van der Waals surface area contributed by atoms with Gasteiger partial charge in [0, 0.05) is 6.04 Å². The van der Waals surface area contributed by atoms with Crippen molar-refractivity contribution in [1.29, 1.82) is 0 Å². The third-order valence-corrected chi connectivity index (χ3v) is 4.86. The maximum atomic E-state index is 3.93. The Morgan fingerprint density at radius 2 is 1.50 bits per heavy atom. The van der Waals surface area contributed by atoms with Gasteiger partial charge in [0.15, 0.2) is 0 Å². The molecule has 16 heavy (non-hydrogen) atoms. The van der Waals surface area contributed by atoms with E-state index >= 15 is 0 Å². The van der Waals surface area contributed by atoms with E-state index in [4.69, 9.17) is 0 Å². The second kappa shape index (κ2) is 4.68. The Labute approximate surface area is 100 Å². The van der Waals surface area contributed by atoms with Gasteiger partial charge < -0.3 is 5.32 Å². The fraction of sp³-hybridized carbons (Fsp3) is 1.00. The van der Waals surface area contributed by atoms with Crippen molar-refractivity contribution in [3.05, 3.63) is 0 Å². The Bertz CT molecular complexity index is 214. The lowest BCUT2D eigenvalue weighted by atomic mass is 9.96. The van der Waals surface area contributed by atoms with E-state index < -0.39 is 0 Å². The first-order chi connectivity index (χ1) is 7.88. The largest absolute Gasteiger partial charge is 0.313 e. The number of hydrogen-bond donors (Lipinski definition) is 1. The minimum Gasteiger partial charge on any atom is -0.313 e. The fourth-order valence-corrected chi connectivity index (χ4v) is 3.37. The summed E-state index contributed by atoms with van der Waals surface area (Å²) >= 11 is 0. The molecule has 0 aliphatic heterocycles. The van der Waals surface area contributed by atoms with Crippen LogP contribution in [0.2, 0.25) is 0 Å². The molecule has 92 valence electrons. The van der Waals surface area contributed by atoms with Gasteiger partial charge in [0.1, 0.15) is 0 Å². The van der Waals surface area contributed by atoms with Gasteiger partial charge in [-0.3, -0.25) is 0 Å². The molecule has 1 nitrogen and oxygen atoms in total. The molecule has 3 aliphatic carbocycles. The lowest BCUT2D eigenvalue weighted by Crippen LogP contribution is -2.36. The summed E-state index contributed by atoms with van der Waals surface area (Å²) in [6.07, 6.45) is 11.9. The standard InChI is InChI=1S/C15H27N/c1-2-3-15(13-8-9-13)16-10-14(11-4-5-11)12-6-7-12/h11-16H,2-10H2,1H3. The zero-order chi connectivity index (χ0) is 11.0. The molecular formula is C15H27N. The summed E-state index contributed by atoms with van der Waals surface area (Å²) in [5.74, 6) is 4.32. The van der Waals surface area contributed by atoms with Crippen molar-refractivity contribution in [3.63, 3.8) is 0 Å². The summed E-state index contributed by atoms with van der Waals surface area (Å²) < 4.78 is 0. The van der Waals surface area contributed by atoms with Gasteiger partial charge in [0.05, 0.1) is 0 Å². The lowest BCUT2D eigenvalue weighted by molar-refractivity contribution is 0.332. The first kappa shape index (κ1) is 11.1. The molecule has 0 spiro atoms. The Balaban J connectivity index is 1.45. The zero-order valence-electron chi connectivity index (χ0n) is 10.8. The van der Waals surface area contributed by atoms with Crippen LogP contribution in [0.1, 0.15) is 58.3 Å². The highest BCUT2D eigenvalue weighted by molar-refractivity contribution is 4.94. The van der Waals surface area contributed by atoms with Crippen LogP contribution >= 0.6 is 0 Å². The topological polar surface area (TPSA) is 12.0 Å². The van der Waals surface area contributed by atoms with Crippen molar-refractivity contribution < 1.29 is 0 Å². The van der Waals surface area contributed by atoms with Crippen LogP contribution in [0.15, 0.2) is 0 Å². The summed E-state index contributed by atoms with van der Waals surface area (Å²) in [6.45, 7) is 3.67. The molecule has 1 atom stereocenters. The smallest absolute Gasteiger partial charge is 0.00953 e. The predicted octanol–water partition coefficient (Wildman–Crippen LogP) is 3.59. The first-order valence-electron chi connectivity index (χ1n) is 7.62. The molecule has 1 N–H and O–H groups in total. The van der Waals surface area contributed by atoms with Crippen LogP contribution in [-0.4, -0.2) is 12.6 Å². The average Bonchev–Trinajstić information content (AvgIpc) is 3.15. The maximum Gasteiger partial charge on any atom is 0.00953 e. The SMILES string of the molecule is CCCC(NCC(C1CC1)C1CC1)C1CC1. The molecule has 3 rings (SSSR count). The molecule has 0 aromatic rings. The van der Waals surface area contributed by atoms with E-state index in [1.54, 1.807) is 0 Å². The Kier molecular flexibility index (Phi) is 3.24. The molecule has 0 radical (unpaired) electrons.